The molecule has 0 amide bonds. The minimum absolute atomic E-state index is 0.322. The SMILES string of the molecule is CC(Cc1ccc(O)cc1)NCCC(c1ccccc1)c1ccccc1.O=C(O)/C=C\C(=O)O. The molecule has 178 valence electrons. The van der Waals surface area contributed by atoms with Gasteiger partial charge in [-0.3, -0.25) is 0 Å². The van der Waals surface area contributed by atoms with Gasteiger partial charge >= 0.3 is 11.9 Å². The second kappa shape index (κ2) is 14.3. The molecule has 0 saturated heterocycles. The molecular formula is C28H31NO5. The molecular weight excluding hydrogens is 430 g/mol. The number of carbonyl (C=O) groups is 2. The Kier molecular flexibility index (Phi) is 11.1. The summed E-state index contributed by atoms with van der Waals surface area (Å²) in [6.45, 7) is 3.18. The summed E-state index contributed by atoms with van der Waals surface area (Å²) in [6.07, 6.45) is 3.14. The van der Waals surface area contributed by atoms with Crippen LogP contribution in [0, 0.1) is 0 Å². The fourth-order valence-electron chi connectivity index (χ4n) is 3.57. The fraction of sp³-hybridized carbons (Fsp3) is 0.214. The monoisotopic (exact) mass is 461 g/mol. The maximum Gasteiger partial charge on any atom is 0.328 e. The molecule has 4 N–H and O–H groups in total. The molecule has 0 aliphatic carbocycles. The number of hydrogen-bond donors (Lipinski definition) is 4. The Hall–Kier alpha value is -3.90. The van der Waals surface area contributed by atoms with Crippen LogP contribution in [0.15, 0.2) is 97.1 Å². The van der Waals surface area contributed by atoms with Crippen LogP contribution in [0.5, 0.6) is 5.75 Å². The molecule has 0 heterocycles. The van der Waals surface area contributed by atoms with Crippen molar-refractivity contribution in [3.8, 4) is 5.75 Å². The van der Waals surface area contributed by atoms with Crippen LogP contribution in [0.2, 0.25) is 0 Å². The van der Waals surface area contributed by atoms with E-state index in [2.05, 4.69) is 72.9 Å². The molecule has 0 aliphatic heterocycles. The second-order valence-electron chi connectivity index (χ2n) is 7.90. The van der Waals surface area contributed by atoms with Crippen molar-refractivity contribution >= 4 is 11.9 Å². The Balaban J connectivity index is 0.000000440. The van der Waals surface area contributed by atoms with E-state index in [1.165, 1.54) is 16.7 Å². The van der Waals surface area contributed by atoms with E-state index in [0.29, 0.717) is 29.9 Å². The number of hydrogen-bond acceptors (Lipinski definition) is 4. The molecule has 6 heteroatoms. The molecule has 3 aromatic carbocycles. The quantitative estimate of drug-likeness (QED) is 0.322. The molecule has 0 spiro atoms. The smallest absolute Gasteiger partial charge is 0.328 e. The van der Waals surface area contributed by atoms with Crippen LogP contribution >= 0.6 is 0 Å². The van der Waals surface area contributed by atoms with Gasteiger partial charge in [0.25, 0.3) is 0 Å². The van der Waals surface area contributed by atoms with E-state index < -0.39 is 11.9 Å². The number of rotatable bonds is 10. The average molecular weight is 462 g/mol. The number of phenolic OH excluding ortho intramolecular Hbond substituents is 1. The van der Waals surface area contributed by atoms with Crippen molar-refractivity contribution in [2.45, 2.75) is 31.7 Å². The van der Waals surface area contributed by atoms with E-state index in [4.69, 9.17) is 10.2 Å². The van der Waals surface area contributed by atoms with Crippen LogP contribution in [0.25, 0.3) is 0 Å². The Bertz CT molecular complexity index is 978. The first-order valence-corrected chi connectivity index (χ1v) is 11.1. The van der Waals surface area contributed by atoms with Gasteiger partial charge in [0.1, 0.15) is 5.75 Å². The first kappa shape index (κ1) is 26.4. The summed E-state index contributed by atoms with van der Waals surface area (Å²) in [5.74, 6) is -1.78. The molecule has 0 saturated carbocycles. The number of phenols is 1. The van der Waals surface area contributed by atoms with Crippen molar-refractivity contribution < 1.29 is 24.9 Å². The molecule has 0 aliphatic rings. The van der Waals surface area contributed by atoms with Crippen LogP contribution in [0.3, 0.4) is 0 Å². The molecule has 34 heavy (non-hydrogen) atoms. The maximum atomic E-state index is 9.55. The average Bonchev–Trinajstić information content (AvgIpc) is 2.83. The standard InChI is InChI=1S/C24H27NO.C4H4O4/c1-19(18-20-12-14-23(26)15-13-20)25-17-16-24(21-8-4-2-5-9-21)22-10-6-3-7-11-22;5-3(6)1-2-4(7)8/h2-15,19,24-26H,16-18H2,1H3;1-2H,(H,5,6)(H,7,8)/b;2-1-. The van der Waals surface area contributed by atoms with Crippen LogP contribution in [-0.2, 0) is 16.0 Å². The van der Waals surface area contributed by atoms with Crippen LogP contribution < -0.4 is 5.32 Å². The van der Waals surface area contributed by atoms with Gasteiger partial charge in [0, 0.05) is 24.1 Å². The zero-order valence-electron chi connectivity index (χ0n) is 19.2. The topological polar surface area (TPSA) is 107 Å². The van der Waals surface area contributed by atoms with E-state index >= 15 is 0 Å². The highest BCUT2D eigenvalue weighted by atomic mass is 16.4. The molecule has 0 bridgehead atoms. The predicted molar refractivity (Wildman–Crippen MR) is 133 cm³/mol. The molecule has 0 radical (unpaired) electrons. The largest absolute Gasteiger partial charge is 0.508 e. The molecule has 3 rings (SSSR count). The fourth-order valence-corrected chi connectivity index (χ4v) is 3.57. The first-order chi connectivity index (χ1) is 16.3. The third-order valence-corrected chi connectivity index (χ3v) is 5.18. The molecule has 1 unspecified atom stereocenters. The molecule has 3 aromatic rings. The van der Waals surface area contributed by atoms with Crippen LogP contribution in [-0.4, -0.2) is 39.8 Å². The summed E-state index contributed by atoms with van der Waals surface area (Å²) in [5.41, 5.74) is 3.98. The summed E-state index contributed by atoms with van der Waals surface area (Å²) < 4.78 is 0. The summed E-state index contributed by atoms with van der Waals surface area (Å²) in [4.78, 5) is 19.1. The summed E-state index contributed by atoms with van der Waals surface area (Å²) in [6, 6.07) is 29.4. The number of carboxylic acids is 2. The van der Waals surface area contributed by atoms with Gasteiger partial charge in [-0.15, -0.1) is 0 Å². The third kappa shape index (κ3) is 10.1. The number of aromatic hydroxyl groups is 1. The van der Waals surface area contributed by atoms with Crippen molar-refractivity contribution in [1.82, 2.24) is 5.32 Å². The van der Waals surface area contributed by atoms with E-state index in [1.54, 1.807) is 12.1 Å². The molecule has 1 atom stereocenters. The van der Waals surface area contributed by atoms with Gasteiger partial charge in [0.2, 0.25) is 0 Å². The van der Waals surface area contributed by atoms with Crippen LogP contribution in [0.1, 0.15) is 36.0 Å². The van der Waals surface area contributed by atoms with Crippen molar-refractivity contribution in [2.24, 2.45) is 0 Å². The van der Waals surface area contributed by atoms with Gasteiger partial charge in [-0.2, -0.15) is 0 Å². The Morgan fingerprint density at radius 3 is 1.71 bits per heavy atom. The van der Waals surface area contributed by atoms with Crippen molar-refractivity contribution in [3.05, 3.63) is 114 Å². The highest BCUT2D eigenvalue weighted by Gasteiger charge is 2.14. The number of aliphatic carboxylic acids is 2. The number of nitrogens with one attached hydrogen (secondary N) is 1. The third-order valence-electron chi connectivity index (χ3n) is 5.18. The summed E-state index contributed by atoms with van der Waals surface area (Å²) in [7, 11) is 0. The lowest BCUT2D eigenvalue weighted by molar-refractivity contribution is -0.134. The molecule has 0 aromatic heterocycles. The van der Waals surface area contributed by atoms with Gasteiger partial charge in [-0.05, 0) is 55.1 Å². The second-order valence-corrected chi connectivity index (χ2v) is 7.90. The lowest BCUT2D eigenvalue weighted by Gasteiger charge is -2.20. The van der Waals surface area contributed by atoms with Crippen molar-refractivity contribution in [3.63, 3.8) is 0 Å². The van der Waals surface area contributed by atoms with Gasteiger partial charge in [-0.1, -0.05) is 72.8 Å². The van der Waals surface area contributed by atoms with Crippen molar-refractivity contribution in [1.29, 1.82) is 0 Å². The minimum Gasteiger partial charge on any atom is -0.508 e. The highest BCUT2D eigenvalue weighted by Crippen LogP contribution is 2.27. The number of benzene rings is 3. The predicted octanol–water partition coefficient (Wildman–Crippen LogP) is 4.85. The Labute approximate surface area is 200 Å². The van der Waals surface area contributed by atoms with E-state index in [9.17, 15) is 14.7 Å². The molecule has 0 fully saturated rings. The van der Waals surface area contributed by atoms with Gasteiger partial charge in [0.15, 0.2) is 0 Å². The lowest BCUT2D eigenvalue weighted by Crippen LogP contribution is -2.30. The van der Waals surface area contributed by atoms with E-state index in [1.807, 2.05) is 12.1 Å². The van der Waals surface area contributed by atoms with E-state index in [-0.39, 0.29) is 0 Å². The zero-order chi connectivity index (χ0) is 24.8. The number of carboxylic acid groups (broad SMARTS) is 2. The molecule has 6 nitrogen and oxygen atoms in total. The zero-order valence-corrected chi connectivity index (χ0v) is 19.2. The highest BCUT2D eigenvalue weighted by molar-refractivity contribution is 5.89. The minimum atomic E-state index is -1.26. The van der Waals surface area contributed by atoms with Gasteiger partial charge in [-0.25, -0.2) is 9.59 Å². The first-order valence-electron chi connectivity index (χ1n) is 11.1. The van der Waals surface area contributed by atoms with Gasteiger partial charge < -0.3 is 20.6 Å². The Morgan fingerprint density at radius 1 is 0.794 bits per heavy atom. The van der Waals surface area contributed by atoms with E-state index in [0.717, 1.165) is 19.4 Å². The van der Waals surface area contributed by atoms with Crippen molar-refractivity contribution in [2.75, 3.05) is 6.54 Å². The maximum absolute atomic E-state index is 9.55. The summed E-state index contributed by atoms with van der Waals surface area (Å²) in [5, 5.41) is 28.7. The summed E-state index contributed by atoms with van der Waals surface area (Å²) >= 11 is 0. The van der Waals surface area contributed by atoms with Gasteiger partial charge in [0.05, 0.1) is 0 Å². The lowest BCUT2D eigenvalue weighted by atomic mass is 9.88. The normalized spacial score (nSPS) is 11.6. The van der Waals surface area contributed by atoms with Crippen LogP contribution in [0.4, 0.5) is 0 Å². The Morgan fingerprint density at radius 2 is 1.26 bits per heavy atom.